The fraction of sp³-hybridized carbons (Fsp3) is 0.130. The molecule has 4 nitrogen and oxygen atoms in total. The second-order valence-electron chi connectivity index (χ2n) is 6.49. The van der Waals surface area contributed by atoms with Crippen LogP contribution in [0.15, 0.2) is 64.4 Å². The van der Waals surface area contributed by atoms with Gasteiger partial charge in [0.05, 0.1) is 27.0 Å². The molecule has 30 heavy (non-hydrogen) atoms. The first-order chi connectivity index (χ1) is 14.5. The third-order valence-electron chi connectivity index (χ3n) is 4.70. The van der Waals surface area contributed by atoms with E-state index in [2.05, 4.69) is 4.98 Å². The van der Waals surface area contributed by atoms with E-state index in [9.17, 15) is 0 Å². The maximum Gasteiger partial charge on any atom is 0.203 e. The summed E-state index contributed by atoms with van der Waals surface area (Å²) in [4.78, 5) is 5.51. The molecular formula is C23H19Cl2NO3S. The van der Waals surface area contributed by atoms with Gasteiger partial charge in [-0.15, -0.1) is 0 Å². The molecule has 0 saturated carbocycles. The molecule has 0 unspecified atom stereocenters. The number of aromatic nitrogens is 1. The first kappa shape index (κ1) is 20.8. The number of rotatable bonds is 6. The molecular weight excluding hydrogens is 441 g/mol. The average Bonchev–Trinajstić information content (AvgIpc) is 3.11. The Morgan fingerprint density at radius 1 is 0.767 bits per heavy atom. The minimum Gasteiger partial charge on any atom is -0.493 e. The number of hydrogen-bond donors (Lipinski definition) is 1. The lowest BCUT2D eigenvalue weighted by Crippen LogP contribution is -1.95. The number of methoxy groups -OCH3 is 3. The van der Waals surface area contributed by atoms with Gasteiger partial charge in [0.1, 0.15) is 0 Å². The number of benzene rings is 3. The Labute approximate surface area is 189 Å². The van der Waals surface area contributed by atoms with Crippen LogP contribution in [0.1, 0.15) is 0 Å². The maximum atomic E-state index is 6.31. The molecule has 0 aliphatic rings. The molecule has 0 aliphatic carbocycles. The van der Waals surface area contributed by atoms with Crippen LogP contribution in [0.2, 0.25) is 10.0 Å². The monoisotopic (exact) mass is 459 g/mol. The van der Waals surface area contributed by atoms with Gasteiger partial charge in [0.2, 0.25) is 5.75 Å². The third-order valence-corrected chi connectivity index (χ3v) is 6.29. The number of H-pyrrole nitrogens is 1. The van der Waals surface area contributed by atoms with E-state index in [-0.39, 0.29) is 0 Å². The minimum atomic E-state index is 0.559. The molecule has 0 amide bonds. The number of nitrogens with one attached hydrogen (secondary N) is 1. The van der Waals surface area contributed by atoms with Crippen LogP contribution in [0.3, 0.4) is 0 Å². The van der Waals surface area contributed by atoms with Crippen molar-refractivity contribution in [3.8, 4) is 28.5 Å². The third kappa shape index (κ3) is 3.93. The zero-order valence-corrected chi connectivity index (χ0v) is 18.9. The summed E-state index contributed by atoms with van der Waals surface area (Å²) in [6.45, 7) is 0. The molecule has 154 valence electrons. The van der Waals surface area contributed by atoms with Gasteiger partial charge in [0, 0.05) is 30.7 Å². The highest BCUT2D eigenvalue weighted by atomic mass is 35.5. The van der Waals surface area contributed by atoms with Crippen LogP contribution < -0.4 is 14.2 Å². The summed E-state index contributed by atoms with van der Waals surface area (Å²) in [6.07, 6.45) is 0. The Hall–Kier alpha value is -2.47. The normalized spacial score (nSPS) is 11.0. The number of hydrogen-bond acceptors (Lipinski definition) is 4. The molecule has 1 N–H and O–H groups in total. The SMILES string of the molecule is COc1cc(Sc2c(-c3ccc(Cl)cc3)[nH]c3ccc(Cl)cc23)cc(OC)c1OC. The predicted octanol–water partition coefficient (Wildman–Crippen LogP) is 7.32. The fourth-order valence-corrected chi connectivity index (χ4v) is 4.71. The molecule has 0 fully saturated rings. The molecule has 4 rings (SSSR count). The fourth-order valence-electron chi connectivity index (χ4n) is 3.30. The van der Waals surface area contributed by atoms with Gasteiger partial charge in [-0.2, -0.15) is 0 Å². The first-order valence-corrected chi connectivity index (χ1v) is 10.7. The van der Waals surface area contributed by atoms with Crippen molar-refractivity contribution in [3.05, 3.63) is 64.6 Å². The van der Waals surface area contributed by atoms with Gasteiger partial charge >= 0.3 is 0 Å². The molecule has 0 saturated heterocycles. The van der Waals surface area contributed by atoms with Crippen molar-refractivity contribution in [3.63, 3.8) is 0 Å². The van der Waals surface area contributed by atoms with Crippen molar-refractivity contribution < 1.29 is 14.2 Å². The highest BCUT2D eigenvalue weighted by Gasteiger charge is 2.18. The van der Waals surface area contributed by atoms with E-state index in [1.807, 2.05) is 54.6 Å². The first-order valence-electron chi connectivity index (χ1n) is 9.09. The van der Waals surface area contributed by atoms with Crippen LogP contribution >= 0.6 is 35.0 Å². The molecule has 1 heterocycles. The average molecular weight is 460 g/mol. The van der Waals surface area contributed by atoms with Crippen LogP contribution in [-0.2, 0) is 0 Å². The van der Waals surface area contributed by atoms with Crippen LogP contribution in [0.5, 0.6) is 17.2 Å². The summed E-state index contributed by atoms with van der Waals surface area (Å²) in [7, 11) is 4.81. The highest BCUT2D eigenvalue weighted by molar-refractivity contribution is 7.99. The van der Waals surface area contributed by atoms with E-state index in [0.29, 0.717) is 27.3 Å². The lowest BCUT2D eigenvalue weighted by Gasteiger charge is -2.14. The molecule has 0 aliphatic heterocycles. The van der Waals surface area contributed by atoms with Crippen molar-refractivity contribution in [1.29, 1.82) is 0 Å². The lowest BCUT2D eigenvalue weighted by molar-refractivity contribution is 0.323. The molecule has 0 spiro atoms. The summed E-state index contributed by atoms with van der Waals surface area (Å²) in [5.41, 5.74) is 3.02. The van der Waals surface area contributed by atoms with Crippen molar-refractivity contribution >= 4 is 45.9 Å². The lowest BCUT2D eigenvalue weighted by atomic mass is 10.1. The van der Waals surface area contributed by atoms with Gasteiger partial charge < -0.3 is 19.2 Å². The van der Waals surface area contributed by atoms with E-state index < -0.39 is 0 Å². The second-order valence-corrected chi connectivity index (χ2v) is 8.45. The minimum absolute atomic E-state index is 0.559. The van der Waals surface area contributed by atoms with Crippen molar-refractivity contribution in [2.45, 2.75) is 9.79 Å². The summed E-state index contributed by atoms with van der Waals surface area (Å²) in [6, 6.07) is 17.4. The molecule has 1 aromatic heterocycles. The van der Waals surface area contributed by atoms with Crippen molar-refractivity contribution in [2.75, 3.05) is 21.3 Å². The predicted molar refractivity (Wildman–Crippen MR) is 124 cm³/mol. The van der Waals surface area contributed by atoms with Crippen molar-refractivity contribution in [1.82, 2.24) is 4.98 Å². The Morgan fingerprint density at radius 2 is 1.40 bits per heavy atom. The zero-order chi connectivity index (χ0) is 21.3. The molecule has 7 heteroatoms. The quantitative estimate of drug-likeness (QED) is 0.327. The zero-order valence-electron chi connectivity index (χ0n) is 16.6. The number of fused-ring (bicyclic) bond motifs is 1. The smallest absolute Gasteiger partial charge is 0.203 e. The van der Waals surface area contributed by atoms with Crippen LogP contribution in [-0.4, -0.2) is 26.3 Å². The summed E-state index contributed by atoms with van der Waals surface area (Å²) < 4.78 is 16.5. The highest BCUT2D eigenvalue weighted by Crippen LogP contribution is 2.46. The number of halogens is 2. The topological polar surface area (TPSA) is 43.5 Å². The standard InChI is InChI=1S/C23H19Cl2NO3S/c1-27-19-11-16(12-20(28-2)22(19)29-3)30-23-17-10-15(25)8-9-18(17)26-21(23)13-4-6-14(24)7-5-13/h4-12,26H,1-3H3. The van der Waals surface area contributed by atoms with Crippen LogP contribution in [0, 0.1) is 0 Å². The largest absolute Gasteiger partial charge is 0.493 e. The van der Waals surface area contributed by atoms with Gasteiger partial charge in [0.15, 0.2) is 11.5 Å². The van der Waals surface area contributed by atoms with Gasteiger partial charge in [-0.05, 0) is 48.0 Å². The summed E-state index contributed by atoms with van der Waals surface area (Å²) in [5, 5.41) is 2.40. The molecule has 0 atom stereocenters. The Balaban J connectivity index is 1.89. The summed E-state index contributed by atoms with van der Waals surface area (Å²) in [5.74, 6) is 1.76. The van der Waals surface area contributed by atoms with Crippen molar-refractivity contribution in [2.24, 2.45) is 0 Å². The van der Waals surface area contributed by atoms with Gasteiger partial charge in [-0.25, -0.2) is 0 Å². The van der Waals surface area contributed by atoms with E-state index in [4.69, 9.17) is 37.4 Å². The van der Waals surface area contributed by atoms with Crippen LogP contribution in [0.25, 0.3) is 22.2 Å². The summed E-state index contributed by atoms with van der Waals surface area (Å²) >= 11 is 14.0. The Morgan fingerprint density at radius 3 is 2.00 bits per heavy atom. The number of aromatic amines is 1. The molecule has 4 aromatic rings. The van der Waals surface area contributed by atoms with Gasteiger partial charge in [0.25, 0.3) is 0 Å². The van der Waals surface area contributed by atoms with E-state index in [1.54, 1.807) is 33.1 Å². The molecule has 0 radical (unpaired) electrons. The van der Waals surface area contributed by atoms with Gasteiger partial charge in [-0.3, -0.25) is 0 Å². The Kier molecular flexibility index (Phi) is 6.04. The number of ether oxygens (including phenoxy) is 3. The van der Waals surface area contributed by atoms with Gasteiger partial charge in [-0.1, -0.05) is 47.1 Å². The van der Waals surface area contributed by atoms with E-state index in [1.165, 1.54) is 0 Å². The maximum absolute atomic E-state index is 6.31. The molecule has 3 aromatic carbocycles. The Bertz CT molecular complexity index is 1180. The van der Waals surface area contributed by atoms with Crippen LogP contribution in [0.4, 0.5) is 0 Å². The second kappa shape index (κ2) is 8.72. The van der Waals surface area contributed by atoms with E-state index >= 15 is 0 Å². The van der Waals surface area contributed by atoms with E-state index in [0.717, 1.165) is 32.0 Å². The molecule has 0 bridgehead atoms.